The standard InChI is InChI=1S/C5H7N3S/c1-4(2)8-5(9)3-6-7-8/h4H,1-2H3/p+1. The summed E-state index contributed by atoms with van der Waals surface area (Å²) in [6.07, 6.45) is 0. The van der Waals surface area contributed by atoms with Gasteiger partial charge in [0.15, 0.2) is 0 Å². The lowest BCUT2D eigenvalue weighted by Gasteiger charge is -2.04. The van der Waals surface area contributed by atoms with Crippen LogP contribution < -0.4 is 0 Å². The highest BCUT2D eigenvalue weighted by atomic mass is 32.1. The molecule has 1 heterocycles. The second-order valence-corrected chi connectivity index (χ2v) is 2.49. The lowest BCUT2D eigenvalue weighted by molar-refractivity contribution is -0.115. The fraction of sp³-hybridized carbons (Fsp3) is 0.600. The van der Waals surface area contributed by atoms with Gasteiger partial charge in [-0.2, -0.15) is 0 Å². The topological polar surface area (TPSA) is 29.7 Å². The van der Waals surface area contributed by atoms with Gasteiger partial charge in [-0.3, -0.25) is 0 Å². The van der Waals surface area contributed by atoms with E-state index in [1.165, 1.54) is 0 Å². The second kappa shape index (κ2) is 2.28. The van der Waals surface area contributed by atoms with E-state index in [1.807, 2.05) is 13.8 Å². The average Bonchev–Trinajstić information content (AvgIpc) is 2.13. The van der Waals surface area contributed by atoms with Gasteiger partial charge in [-0.05, 0) is 18.6 Å². The van der Waals surface area contributed by atoms with Gasteiger partial charge in [-0.15, -0.1) is 0 Å². The van der Waals surface area contributed by atoms with E-state index in [2.05, 4.69) is 28.5 Å². The first-order valence-corrected chi connectivity index (χ1v) is 3.18. The quantitative estimate of drug-likeness (QED) is 0.424. The Bertz CT molecular complexity index is 208. The molecule has 1 aliphatic rings. The van der Waals surface area contributed by atoms with Crippen LogP contribution in [-0.2, 0) is 0 Å². The van der Waals surface area contributed by atoms with Gasteiger partial charge >= 0.3 is 0 Å². The smallest absolute Gasteiger partial charge is 0.0982 e. The number of rotatable bonds is 1. The molecule has 0 fully saturated rings. The van der Waals surface area contributed by atoms with Gasteiger partial charge in [0.25, 0.3) is 10.9 Å². The van der Waals surface area contributed by atoms with Crippen LogP contribution in [0.25, 0.3) is 0 Å². The predicted octanol–water partition coefficient (Wildman–Crippen LogP) is 0.727. The largest absolute Gasteiger partial charge is 0.284 e. The molecule has 0 aromatic heterocycles. The van der Waals surface area contributed by atoms with E-state index in [0.717, 1.165) is 0 Å². The molecule has 1 rings (SSSR count). The third-order valence-corrected chi connectivity index (χ3v) is 1.30. The average molecular weight is 142 g/mol. The number of nitrogens with zero attached hydrogens (tertiary/aromatic N) is 3. The van der Waals surface area contributed by atoms with Crippen molar-refractivity contribution in [1.82, 2.24) is 5.01 Å². The van der Waals surface area contributed by atoms with E-state index in [-0.39, 0.29) is 0 Å². The molecule has 9 heavy (non-hydrogen) atoms. The Morgan fingerprint density at radius 3 is 2.67 bits per heavy atom. The zero-order valence-electron chi connectivity index (χ0n) is 5.37. The van der Waals surface area contributed by atoms with E-state index in [1.54, 1.807) is 5.01 Å². The molecule has 0 aromatic carbocycles. The van der Waals surface area contributed by atoms with Crippen molar-refractivity contribution in [3.05, 3.63) is 5.03 Å². The first-order valence-electron chi connectivity index (χ1n) is 2.73. The minimum Gasteiger partial charge on any atom is -0.0982 e. The van der Waals surface area contributed by atoms with Gasteiger partial charge < -0.3 is 0 Å². The van der Waals surface area contributed by atoms with E-state index < -0.39 is 0 Å². The Balaban J connectivity index is 2.75. The fourth-order valence-electron chi connectivity index (χ4n) is 0.557. The van der Waals surface area contributed by atoms with Crippen molar-refractivity contribution in [3.63, 3.8) is 0 Å². The maximum absolute atomic E-state index is 4.07. The Kier molecular flexibility index (Phi) is 1.63. The third kappa shape index (κ3) is 1.16. The summed E-state index contributed by atoms with van der Waals surface area (Å²) in [5.41, 5.74) is 0. The molecule has 48 valence electrons. The Hall–Kier alpha value is -0.690. The van der Waals surface area contributed by atoms with Gasteiger partial charge in [-0.25, -0.2) is 0 Å². The summed E-state index contributed by atoms with van der Waals surface area (Å²) in [4.78, 5) is 3.55. The van der Waals surface area contributed by atoms with E-state index in [0.29, 0.717) is 11.1 Å². The summed E-state index contributed by atoms with van der Waals surface area (Å²) in [7, 11) is 0. The van der Waals surface area contributed by atoms with Crippen LogP contribution in [0.1, 0.15) is 13.8 Å². The van der Waals surface area contributed by atoms with Crippen LogP contribution in [0.5, 0.6) is 0 Å². The first kappa shape index (κ1) is 6.43. The molecule has 0 N–H and O–H groups in total. The van der Waals surface area contributed by atoms with E-state index >= 15 is 0 Å². The molecule has 3 nitrogen and oxygen atoms in total. The zero-order chi connectivity index (χ0) is 6.85. The van der Waals surface area contributed by atoms with Crippen molar-refractivity contribution in [1.29, 1.82) is 0 Å². The molecule has 0 spiro atoms. The van der Waals surface area contributed by atoms with Crippen LogP contribution in [-0.4, -0.2) is 21.7 Å². The van der Waals surface area contributed by atoms with Gasteiger partial charge in [0.1, 0.15) is 6.04 Å². The maximum Gasteiger partial charge on any atom is 0.284 e. The van der Waals surface area contributed by atoms with Crippen LogP contribution in [0.2, 0.25) is 0 Å². The molecule has 0 aromatic rings. The molecule has 0 bridgehead atoms. The molecule has 0 radical (unpaired) electrons. The van der Waals surface area contributed by atoms with Crippen molar-refractivity contribution in [2.45, 2.75) is 19.9 Å². The van der Waals surface area contributed by atoms with E-state index in [9.17, 15) is 0 Å². The normalized spacial score (nSPS) is 15.6. The Labute approximate surface area is 59.2 Å². The fourth-order valence-corrected chi connectivity index (χ4v) is 0.872. The Morgan fingerprint density at radius 1 is 1.78 bits per heavy atom. The summed E-state index contributed by atoms with van der Waals surface area (Å²) >= 11 is 4.07. The number of hydrogen-bond acceptors (Lipinski definition) is 3. The summed E-state index contributed by atoms with van der Waals surface area (Å²) in [5, 5.41) is 6.13. The summed E-state index contributed by atoms with van der Waals surface area (Å²) in [6, 6.07) is 0.316. The molecular weight excluding hydrogens is 134 g/mol. The highest BCUT2D eigenvalue weighted by Gasteiger charge is 2.22. The van der Waals surface area contributed by atoms with Crippen molar-refractivity contribution < 1.29 is 4.79 Å². The monoisotopic (exact) mass is 142 g/mol. The first-order chi connectivity index (χ1) is 4.22. The highest BCUT2D eigenvalue weighted by Crippen LogP contribution is 2.11. The SMILES string of the molecule is CC(C)N1N=[N+]=C=C1S. The van der Waals surface area contributed by atoms with Gasteiger partial charge in [0, 0.05) is 0 Å². The molecular formula is C5H8N3S+. The number of thiol groups is 1. The zero-order valence-corrected chi connectivity index (χ0v) is 6.26. The van der Waals surface area contributed by atoms with Crippen LogP contribution >= 0.6 is 12.6 Å². The van der Waals surface area contributed by atoms with Crippen LogP contribution in [0.4, 0.5) is 0 Å². The molecule has 0 saturated carbocycles. The summed E-state index contributed by atoms with van der Waals surface area (Å²) < 4.78 is 0. The van der Waals surface area contributed by atoms with Crippen molar-refractivity contribution in [3.8, 4) is 0 Å². The Morgan fingerprint density at radius 2 is 2.44 bits per heavy atom. The van der Waals surface area contributed by atoms with Gasteiger partial charge in [-0.1, -0.05) is 17.6 Å². The summed E-state index contributed by atoms with van der Waals surface area (Å²) in [5.74, 6) is 2.62. The third-order valence-electron chi connectivity index (χ3n) is 0.997. The molecule has 0 atom stereocenters. The maximum atomic E-state index is 4.07. The molecule has 0 aliphatic carbocycles. The van der Waals surface area contributed by atoms with Crippen molar-refractivity contribution in [2.75, 3.05) is 0 Å². The van der Waals surface area contributed by atoms with Crippen LogP contribution in [0.3, 0.4) is 0 Å². The molecule has 1 aliphatic heterocycles. The lowest BCUT2D eigenvalue weighted by atomic mass is 10.4. The molecule has 0 unspecified atom stereocenters. The van der Waals surface area contributed by atoms with Crippen LogP contribution in [0, 0.1) is 0 Å². The molecule has 0 saturated heterocycles. The minimum atomic E-state index is 0.316. The lowest BCUT2D eigenvalue weighted by Crippen LogP contribution is -2.20. The van der Waals surface area contributed by atoms with Crippen molar-refractivity contribution in [2.24, 2.45) is 5.22 Å². The molecule has 0 amide bonds. The molecule has 4 heteroatoms. The highest BCUT2D eigenvalue weighted by molar-refractivity contribution is 7.84. The number of hydrogen-bond donors (Lipinski definition) is 1. The minimum absolute atomic E-state index is 0.316. The van der Waals surface area contributed by atoms with Gasteiger partial charge in [0.05, 0.1) is 0 Å². The van der Waals surface area contributed by atoms with E-state index in [4.69, 9.17) is 0 Å². The predicted molar refractivity (Wildman–Crippen MR) is 37.2 cm³/mol. The van der Waals surface area contributed by atoms with Crippen molar-refractivity contribution >= 4 is 18.5 Å². The second-order valence-electron chi connectivity index (χ2n) is 2.06. The summed E-state index contributed by atoms with van der Waals surface area (Å²) in [6.45, 7) is 4.03. The van der Waals surface area contributed by atoms with Crippen LogP contribution in [0.15, 0.2) is 10.3 Å². The van der Waals surface area contributed by atoms with Gasteiger partial charge in [0.2, 0.25) is 5.22 Å².